The molecule has 1 fully saturated rings. The van der Waals surface area contributed by atoms with Gasteiger partial charge in [0.05, 0.1) is 10.9 Å². The molecule has 1 unspecified atom stereocenters. The second-order valence-electron chi connectivity index (χ2n) is 8.08. The van der Waals surface area contributed by atoms with E-state index < -0.39 is 39.9 Å². The van der Waals surface area contributed by atoms with Crippen LogP contribution in [-0.4, -0.2) is 61.8 Å². The lowest BCUT2D eigenvalue weighted by Gasteiger charge is -2.32. The molecule has 1 aromatic carbocycles. The fourth-order valence-corrected chi connectivity index (χ4v) is 4.01. The third-order valence-corrected chi connectivity index (χ3v) is 5.67. The van der Waals surface area contributed by atoms with Gasteiger partial charge >= 0.3 is 12.1 Å². The summed E-state index contributed by atoms with van der Waals surface area (Å²) >= 11 is 0. The Kier molecular flexibility index (Phi) is 8.82. The van der Waals surface area contributed by atoms with Crippen LogP contribution < -0.4 is 0 Å². The van der Waals surface area contributed by atoms with E-state index in [2.05, 4.69) is 0 Å². The number of carbonyl (C=O) groups excluding carboxylic acids is 2. The monoisotopic (exact) mass is 447 g/mol. The molecule has 10 heteroatoms. The van der Waals surface area contributed by atoms with Gasteiger partial charge in [-0.05, 0) is 52.7 Å². The standard InChI is InChI=1S/C20H29NO7S.H2O.H2/c1-14-8-10-16(11-9-14)29(24,25)26-13-18(27-15(2)22)17-7-6-12-21(17)19(23)28-20(3,4)5;;/h8-11,17-18H,6-7,12-13H2,1-5H3;1H2;1H/t17?,18-;;/m1../s1. The molecule has 2 N–H and O–H groups in total. The topological polar surface area (TPSA) is 131 Å². The predicted octanol–water partition coefficient (Wildman–Crippen LogP) is 2.45. The number of aryl methyl sites for hydroxylation is 1. The highest BCUT2D eigenvalue weighted by Crippen LogP contribution is 2.26. The van der Waals surface area contributed by atoms with Crippen molar-refractivity contribution in [2.75, 3.05) is 13.2 Å². The van der Waals surface area contributed by atoms with E-state index in [9.17, 15) is 18.0 Å². The summed E-state index contributed by atoms with van der Waals surface area (Å²) in [7, 11) is -4.03. The maximum Gasteiger partial charge on any atom is 0.410 e. The highest BCUT2D eigenvalue weighted by molar-refractivity contribution is 7.86. The first kappa shape index (κ1) is 25.9. The molecule has 172 valence electrons. The molecular weight excluding hydrogens is 414 g/mol. The Morgan fingerprint density at radius 2 is 1.83 bits per heavy atom. The predicted molar refractivity (Wildman–Crippen MR) is 112 cm³/mol. The number of nitrogens with zero attached hydrogens (tertiary/aromatic N) is 1. The number of carbonyl (C=O) groups is 2. The zero-order chi connectivity index (χ0) is 21.8. The molecule has 0 aromatic heterocycles. The maximum absolute atomic E-state index is 12.5. The van der Waals surface area contributed by atoms with E-state index in [0.29, 0.717) is 19.4 Å². The third kappa shape index (κ3) is 7.26. The molecule has 1 aliphatic rings. The molecule has 0 radical (unpaired) electrons. The molecule has 9 nitrogen and oxygen atoms in total. The van der Waals surface area contributed by atoms with Crippen LogP contribution in [-0.2, 0) is 28.6 Å². The summed E-state index contributed by atoms with van der Waals surface area (Å²) in [6.07, 6.45) is -0.223. The van der Waals surface area contributed by atoms with Crippen molar-refractivity contribution in [3.05, 3.63) is 29.8 Å². The van der Waals surface area contributed by atoms with Crippen LogP contribution in [0.3, 0.4) is 0 Å². The van der Waals surface area contributed by atoms with Gasteiger partial charge in [0.25, 0.3) is 10.1 Å². The summed E-state index contributed by atoms with van der Waals surface area (Å²) in [5, 5.41) is 0. The average Bonchev–Trinajstić information content (AvgIpc) is 3.07. The van der Waals surface area contributed by atoms with E-state index in [1.165, 1.54) is 24.0 Å². The van der Waals surface area contributed by atoms with Crippen molar-refractivity contribution in [3.8, 4) is 0 Å². The summed E-state index contributed by atoms with van der Waals surface area (Å²) in [5.74, 6) is -0.581. The number of benzene rings is 1. The molecule has 1 saturated heterocycles. The van der Waals surface area contributed by atoms with Gasteiger partial charge in [-0.2, -0.15) is 8.42 Å². The largest absolute Gasteiger partial charge is 0.458 e. The zero-order valence-corrected chi connectivity index (χ0v) is 18.8. The van der Waals surface area contributed by atoms with Crippen molar-refractivity contribution in [1.82, 2.24) is 4.90 Å². The van der Waals surface area contributed by atoms with Crippen molar-refractivity contribution in [2.45, 2.75) is 70.1 Å². The van der Waals surface area contributed by atoms with Crippen molar-refractivity contribution in [2.24, 2.45) is 0 Å². The summed E-state index contributed by atoms with van der Waals surface area (Å²) < 4.78 is 40.9. The second-order valence-corrected chi connectivity index (χ2v) is 9.70. The van der Waals surface area contributed by atoms with Crippen molar-refractivity contribution in [3.63, 3.8) is 0 Å². The van der Waals surface area contributed by atoms with Gasteiger partial charge in [-0.1, -0.05) is 17.7 Å². The SMILES string of the molecule is CC(=O)O[C@H](COS(=O)(=O)c1ccc(C)cc1)C1CCCN1C(=O)OC(C)(C)C.O.[HH]. The van der Waals surface area contributed by atoms with Crippen molar-refractivity contribution in [1.29, 1.82) is 0 Å². The number of hydrogen-bond donors (Lipinski definition) is 0. The highest BCUT2D eigenvalue weighted by atomic mass is 32.2. The lowest BCUT2D eigenvalue weighted by atomic mass is 10.1. The normalized spacial score (nSPS) is 17.8. The van der Waals surface area contributed by atoms with Gasteiger partial charge in [-0.15, -0.1) is 0 Å². The number of likely N-dealkylation sites (tertiary alicyclic amines) is 1. The summed E-state index contributed by atoms with van der Waals surface area (Å²) in [4.78, 5) is 25.6. The van der Waals surface area contributed by atoms with Crippen LogP contribution in [0.5, 0.6) is 0 Å². The molecule has 0 saturated carbocycles. The van der Waals surface area contributed by atoms with Crippen LogP contribution in [0.2, 0.25) is 0 Å². The first-order chi connectivity index (χ1) is 13.4. The van der Waals surface area contributed by atoms with Crippen LogP contribution in [0.4, 0.5) is 4.79 Å². The van der Waals surface area contributed by atoms with Gasteiger partial charge in [0, 0.05) is 14.9 Å². The lowest BCUT2D eigenvalue weighted by molar-refractivity contribution is -0.151. The van der Waals surface area contributed by atoms with Gasteiger partial charge in [0.15, 0.2) is 0 Å². The Morgan fingerprint density at radius 1 is 1.23 bits per heavy atom. The van der Waals surface area contributed by atoms with Crippen LogP contribution in [0.15, 0.2) is 29.2 Å². The van der Waals surface area contributed by atoms with Gasteiger partial charge in [0.2, 0.25) is 0 Å². The molecule has 2 atom stereocenters. The van der Waals surface area contributed by atoms with Crippen LogP contribution in [0, 0.1) is 6.92 Å². The second kappa shape index (κ2) is 10.2. The van der Waals surface area contributed by atoms with E-state index >= 15 is 0 Å². The Balaban J connectivity index is 0.00000450. The van der Waals surface area contributed by atoms with Crippen LogP contribution in [0.25, 0.3) is 0 Å². The van der Waals surface area contributed by atoms with Gasteiger partial charge in [-0.25, -0.2) is 4.79 Å². The minimum absolute atomic E-state index is 0. The van der Waals surface area contributed by atoms with Crippen LogP contribution in [0.1, 0.15) is 47.5 Å². The Morgan fingerprint density at radius 3 is 2.37 bits per heavy atom. The van der Waals surface area contributed by atoms with Gasteiger partial charge < -0.3 is 19.8 Å². The minimum Gasteiger partial charge on any atom is -0.458 e. The molecule has 1 heterocycles. The van der Waals surface area contributed by atoms with Crippen LogP contribution >= 0.6 is 0 Å². The fraction of sp³-hybridized carbons (Fsp3) is 0.600. The third-order valence-electron chi connectivity index (χ3n) is 4.37. The molecule has 2 rings (SSSR count). The van der Waals surface area contributed by atoms with Crippen molar-refractivity contribution >= 4 is 22.2 Å². The molecule has 0 aliphatic carbocycles. The molecular formula is C20H33NO8S. The Hall–Kier alpha value is -2.17. The number of esters is 1. The van der Waals surface area contributed by atoms with Gasteiger partial charge in [-0.3, -0.25) is 8.98 Å². The average molecular weight is 448 g/mol. The molecule has 1 aromatic rings. The zero-order valence-electron chi connectivity index (χ0n) is 18.0. The Labute approximate surface area is 179 Å². The molecule has 1 aliphatic heterocycles. The molecule has 0 bridgehead atoms. The molecule has 1 amide bonds. The molecule has 30 heavy (non-hydrogen) atoms. The van der Waals surface area contributed by atoms with E-state index in [1.54, 1.807) is 32.9 Å². The minimum atomic E-state index is -4.03. The fourth-order valence-electron chi connectivity index (χ4n) is 3.09. The number of ether oxygens (including phenoxy) is 2. The molecule has 0 spiro atoms. The van der Waals surface area contributed by atoms with E-state index in [4.69, 9.17) is 13.7 Å². The summed E-state index contributed by atoms with van der Waals surface area (Å²) in [6, 6.07) is 5.71. The summed E-state index contributed by atoms with van der Waals surface area (Å²) in [6.45, 7) is 8.40. The lowest BCUT2D eigenvalue weighted by Crippen LogP contribution is -2.48. The van der Waals surface area contributed by atoms with E-state index in [0.717, 1.165) is 5.56 Å². The quantitative estimate of drug-likeness (QED) is 0.483. The number of rotatable bonds is 6. The van der Waals surface area contributed by atoms with E-state index in [-0.39, 0.29) is 18.4 Å². The first-order valence-electron chi connectivity index (χ1n) is 9.52. The summed E-state index contributed by atoms with van der Waals surface area (Å²) in [5.41, 5.74) is 0.243. The number of hydrogen-bond acceptors (Lipinski definition) is 7. The Bertz CT molecular complexity index is 836. The first-order valence-corrected chi connectivity index (χ1v) is 10.9. The van der Waals surface area contributed by atoms with Crippen molar-refractivity contribution < 1.29 is 38.6 Å². The smallest absolute Gasteiger partial charge is 0.410 e. The maximum atomic E-state index is 12.5. The highest BCUT2D eigenvalue weighted by Gasteiger charge is 2.39. The van der Waals surface area contributed by atoms with Gasteiger partial charge in [0.1, 0.15) is 18.3 Å². The van der Waals surface area contributed by atoms with E-state index in [1.807, 2.05) is 6.92 Å². The number of amides is 1.